The average molecular weight is 321 g/mol. The molecule has 0 saturated heterocycles. The molecule has 2 amide bonds. The molecule has 0 saturated carbocycles. The van der Waals surface area contributed by atoms with E-state index in [1.807, 2.05) is 31.2 Å². The molecule has 0 atom stereocenters. The van der Waals surface area contributed by atoms with E-state index in [0.717, 1.165) is 16.4 Å². The van der Waals surface area contributed by atoms with Crippen LogP contribution >= 0.6 is 11.3 Å². The van der Waals surface area contributed by atoms with E-state index >= 15 is 0 Å². The number of methoxy groups -OCH3 is 1. The van der Waals surface area contributed by atoms with Crippen molar-refractivity contribution < 1.29 is 14.3 Å². The maximum Gasteiger partial charge on any atom is 0.323 e. The predicted octanol–water partition coefficient (Wildman–Crippen LogP) is 3.00. The third-order valence-corrected chi connectivity index (χ3v) is 3.76. The number of ether oxygens (including phenoxy) is 2. The largest absolute Gasteiger partial charge is 0.497 e. The van der Waals surface area contributed by atoms with Crippen LogP contribution < -0.4 is 14.8 Å². The molecular formula is C15H19N3O3S. The Hall–Kier alpha value is -2.28. The van der Waals surface area contributed by atoms with Crippen molar-refractivity contribution in [2.24, 2.45) is 0 Å². The highest BCUT2D eigenvalue weighted by Gasteiger charge is 2.10. The van der Waals surface area contributed by atoms with Crippen molar-refractivity contribution in [2.45, 2.75) is 6.92 Å². The summed E-state index contributed by atoms with van der Waals surface area (Å²) in [6.45, 7) is 2.83. The van der Waals surface area contributed by atoms with E-state index in [1.165, 1.54) is 11.3 Å². The van der Waals surface area contributed by atoms with Crippen LogP contribution in [-0.4, -0.2) is 43.2 Å². The Bertz CT molecular complexity index is 613. The van der Waals surface area contributed by atoms with Crippen molar-refractivity contribution in [1.29, 1.82) is 0 Å². The standard InChI is InChI=1S/C15H19N3O3S/c1-11-10-16-14(22-11)17-15(19)18(2)8-9-21-13-6-4-12(20-3)5-7-13/h4-7,10H,8-9H2,1-3H3,(H,16,17,19). The molecule has 2 rings (SSSR count). The quantitative estimate of drug-likeness (QED) is 0.888. The molecule has 1 heterocycles. The van der Waals surface area contributed by atoms with Gasteiger partial charge in [-0.15, -0.1) is 11.3 Å². The predicted molar refractivity (Wildman–Crippen MR) is 87.0 cm³/mol. The zero-order chi connectivity index (χ0) is 15.9. The van der Waals surface area contributed by atoms with Crippen LogP contribution in [0.15, 0.2) is 30.5 Å². The zero-order valence-electron chi connectivity index (χ0n) is 12.8. The van der Waals surface area contributed by atoms with Crippen LogP contribution in [0.1, 0.15) is 4.88 Å². The first kappa shape index (κ1) is 16.1. The lowest BCUT2D eigenvalue weighted by atomic mass is 10.3. The Morgan fingerprint density at radius 3 is 2.59 bits per heavy atom. The van der Waals surface area contributed by atoms with E-state index in [9.17, 15) is 4.79 Å². The summed E-state index contributed by atoms with van der Waals surface area (Å²) in [7, 11) is 3.33. The first-order valence-corrected chi connectivity index (χ1v) is 7.61. The first-order chi connectivity index (χ1) is 10.6. The fraction of sp³-hybridized carbons (Fsp3) is 0.333. The topological polar surface area (TPSA) is 63.7 Å². The van der Waals surface area contributed by atoms with Crippen molar-refractivity contribution in [3.8, 4) is 11.5 Å². The number of likely N-dealkylation sites (N-methyl/N-ethyl adjacent to an activating group) is 1. The van der Waals surface area contributed by atoms with Gasteiger partial charge in [0, 0.05) is 18.1 Å². The van der Waals surface area contributed by atoms with Crippen molar-refractivity contribution in [3.63, 3.8) is 0 Å². The lowest BCUT2D eigenvalue weighted by Crippen LogP contribution is -2.34. The number of rotatable bonds is 6. The second-order valence-electron chi connectivity index (χ2n) is 4.65. The maximum absolute atomic E-state index is 12.0. The number of nitrogens with one attached hydrogen (secondary N) is 1. The summed E-state index contributed by atoms with van der Waals surface area (Å²) in [5.41, 5.74) is 0. The smallest absolute Gasteiger partial charge is 0.323 e. The summed E-state index contributed by atoms with van der Waals surface area (Å²) in [4.78, 5) is 18.7. The molecule has 7 heteroatoms. The summed E-state index contributed by atoms with van der Waals surface area (Å²) < 4.78 is 10.7. The lowest BCUT2D eigenvalue weighted by molar-refractivity contribution is 0.207. The first-order valence-electron chi connectivity index (χ1n) is 6.80. The molecule has 118 valence electrons. The Morgan fingerprint density at radius 2 is 2.00 bits per heavy atom. The number of benzene rings is 1. The maximum atomic E-state index is 12.0. The fourth-order valence-corrected chi connectivity index (χ4v) is 2.33. The van der Waals surface area contributed by atoms with E-state index in [-0.39, 0.29) is 6.03 Å². The molecule has 2 aromatic rings. The van der Waals surface area contributed by atoms with Gasteiger partial charge in [-0.1, -0.05) is 0 Å². The summed E-state index contributed by atoms with van der Waals surface area (Å²) in [6, 6.07) is 7.12. The van der Waals surface area contributed by atoms with E-state index in [4.69, 9.17) is 9.47 Å². The van der Waals surface area contributed by atoms with Gasteiger partial charge >= 0.3 is 6.03 Å². The molecule has 1 aromatic heterocycles. The minimum atomic E-state index is -0.201. The average Bonchev–Trinajstić information content (AvgIpc) is 2.93. The highest BCUT2D eigenvalue weighted by Crippen LogP contribution is 2.18. The van der Waals surface area contributed by atoms with E-state index in [0.29, 0.717) is 18.3 Å². The fourth-order valence-electron chi connectivity index (χ4n) is 1.67. The van der Waals surface area contributed by atoms with Gasteiger partial charge in [0.25, 0.3) is 0 Å². The van der Waals surface area contributed by atoms with Crippen LogP contribution in [0.4, 0.5) is 9.93 Å². The number of thiazole rings is 1. The van der Waals surface area contributed by atoms with Gasteiger partial charge in [-0.05, 0) is 31.2 Å². The third kappa shape index (κ3) is 4.63. The molecule has 0 bridgehead atoms. The molecule has 0 spiro atoms. The van der Waals surface area contributed by atoms with Gasteiger partial charge < -0.3 is 14.4 Å². The molecular weight excluding hydrogens is 302 g/mol. The van der Waals surface area contributed by atoms with E-state index in [1.54, 1.807) is 25.3 Å². The van der Waals surface area contributed by atoms with Crippen molar-refractivity contribution in [1.82, 2.24) is 9.88 Å². The number of hydrogen-bond donors (Lipinski definition) is 1. The molecule has 0 aliphatic carbocycles. The molecule has 0 aliphatic rings. The van der Waals surface area contributed by atoms with Crippen LogP contribution in [0.2, 0.25) is 0 Å². The molecule has 1 aromatic carbocycles. The highest BCUT2D eigenvalue weighted by molar-refractivity contribution is 7.15. The van der Waals surface area contributed by atoms with Crippen molar-refractivity contribution >= 4 is 22.5 Å². The molecule has 0 radical (unpaired) electrons. The normalized spacial score (nSPS) is 10.1. The Balaban J connectivity index is 1.74. The molecule has 0 fully saturated rings. The molecule has 6 nitrogen and oxygen atoms in total. The van der Waals surface area contributed by atoms with Crippen LogP contribution in [0.25, 0.3) is 0 Å². The van der Waals surface area contributed by atoms with Crippen LogP contribution in [-0.2, 0) is 0 Å². The second-order valence-corrected chi connectivity index (χ2v) is 5.89. The number of nitrogens with zero attached hydrogens (tertiary/aromatic N) is 2. The van der Waals surface area contributed by atoms with Gasteiger partial charge in [0.2, 0.25) is 0 Å². The number of amides is 2. The number of aromatic nitrogens is 1. The zero-order valence-corrected chi connectivity index (χ0v) is 13.6. The number of hydrogen-bond acceptors (Lipinski definition) is 5. The SMILES string of the molecule is COc1ccc(OCCN(C)C(=O)Nc2ncc(C)s2)cc1. The third-order valence-electron chi connectivity index (χ3n) is 2.94. The van der Waals surface area contributed by atoms with Crippen molar-refractivity contribution in [3.05, 3.63) is 35.3 Å². The van der Waals surface area contributed by atoms with E-state index < -0.39 is 0 Å². The highest BCUT2D eigenvalue weighted by atomic mass is 32.1. The van der Waals surface area contributed by atoms with Crippen LogP contribution in [0, 0.1) is 6.92 Å². The van der Waals surface area contributed by atoms with Crippen LogP contribution in [0.3, 0.4) is 0 Å². The lowest BCUT2D eigenvalue weighted by Gasteiger charge is -2.17. The Morgan fingerprint density at radius 1 is 1.32 bits per heavy atom. The Kier molecular flexibility index (Phi) is 5.60. The van der Waals surface area contributed by atoms with E-state index in [2.05, 4.69) is 10.3 Å². The molecule has 0 unspecified atom stereocenters. The number of carbonyl (C=O) groups is 1. The molecule has 1 N–H and O–H groups in total. The monoisotopic (exact) mass is 321 g/mol. The number of urea groups is 1. The number of anilines is 1. The van der Waals surface area contributed by atoms with Gasteiger partial charge in [0.15, 0.2) is 5.13 Å². The van der Waals surface area contributed by atoms with Gasteiger partial charge in [0.1, 0.15) is 18.1 Å². The summed E-state index contributed by atoms with van der Waals surface area (Å²) in [5.74, 6) is 1.52. The molecule has 22 heavy (non-hydrogen) atoms. The van der Waals surface area contributed by atoms with Gasteiger partial charge in [-0.2, -0.15) is 0 Å². The Labute approximate surface area is 133 Å². The number of aryl methyl sites for hydroxylation is 1. The van der Waals surface area contributed by atoms with Gasteiger partial charge in [-0.25, -0.2) is 9.78 Å². The minimum Gasteiger partial charge on any atom is -0.497 e. The minimum absolute atomic E-state index is 0.201. The van der Waals surface area contributed by atoms with Crippen LogP contribution in [0.5, 0.6) is 11.5 Å². The van der Waals surface area contributed by atoms with Gasteiger partial charge in [-0.3, -0.25) is 5.32 Å². The second kappa shape index (κ2) is 7.65. The summed E-state index contributed by atoms with van der Waals surface area (Å²) in [6.07, 6.45) is 1.73. The van der Waals surface area contributed by atoms with Gasteiger partial charge in [0.05, 0.1) is 13.7 Å². The molecule has 0 aliphatic heterocycles. The summed E-state index contributed by atoms with van der Waals surface area (Å²) >= 11 is 1.44. The van der Waals surface area contributed by atoms with Crippen molar-refractivity contribution in [2.75, 3.05) is 32.6 Å². The number of carbonyl (C=O) groups excluding carboxylic acids is 1. The summed E-state index contributed by atoms with van der Waals surface area (Å²) in [5, 5.41) is 3.35.